The van der Waals surface area contributed by atoms with Crippen molar-refractivity contribution in [3.05, 3.63) is 12.7 Å². The van der Waals surface area contributed by atoms with Gasteiger partial charge in [0.05, 0.1) is 0 Å². The van der Waals surface area contributed by atoms with E-state index in [2.05, 4.69) is 6.58 Å². The van der Waals surface area contributed by atoms with Crippen LogP contribution in [0.4, 0.5) is 0 Å². The number of allylic oxidation sites excluding steroid dienone is 1. The maximum atomic E-state index is 10.8. The molecule has 62 valence electrons. The second-order valence-corrected chi connectivity index (χ2v) is 2.29. The molecule has 0 rings (SSSR count). The minimum atomic E-state index is -1.06. The number of carboxylic acid groups (broad SMARTS) is 1. The number of carbonyl (C=O) groups is 2. The predicted octanol–water partition coefficient (Wildman–Crippen LogP) is 1.24. The van der Waals surface area contributed by atoms with E-state index in [9.17, 15) is 9.59 Å². The molecule has 0 aliphatic rings. The van der Waals surface area contributed by atoms with Crippen LogP contribution >= 0.6 is 0 Å². The summed E-state index contributed by atoms with van der Waals surface area (Å²) >= 11 is 0. The number of hydrogen-bond donors (Lipinski definition) is 1. The van der Waals surface area contributed by atoms with E-state index in [0.29, 0.717) is 12.8 Å². The van der Waals surface area contributed by atoms with Gasteiger partial charge in [0.1, 0.15) is 5.92 Å². The fraction of sp³-hybridized carbons (Fsp3) is 0.500. The van der Waals surface area contributed by atoms with Gasteiger partial charge in [0.2, 0.25) is 0 Å². The number of ketones is 1. The lowest BCUT2D eigenvalue weighted by molar-refractivity contribution is -0.145. The normalized spacial score (nSPS) is 12.1. The van der Waals surface area contributed by atoms with E-state index in [4.69, 9.17) is 5.11 Å². The highest BCUT2D eigenvalue weighted by Gasteiger charge is 2.21. The molecule has 0 amide bonds. The Kier molecular flexibility index (Phi) is 4.18. The molecule has 0 aromatic rings. The Morgan fingerprint density at radius 2 is 2.18 bits per heavy atom. The van der Waals surface area contributed by atoms with Crippen molar-refractivity contribution in [1.82, 2.24) is 0 Å². The molecule has 0 fully saturated rings. The third-order valence-corrected chi connectivity index (χ3v) is 1.42. The van der Waals surface area contributed by atoms with Gasteiger partial charge in [0.15, 0.2) is 5.78 Å². The Morgan fingerprint density at radius 3 is 2.45 bits per heavy atom. The van der Waals surface area contributed by atoms with Gasteiger partial charge in [0, 0.05) is 0 Å². The monoisotopic (exact) mass is 156 g/mol. The summed E-state index contributed by atoms with van der Waals surface area (Å²) in [7, 11) is 0. The van der Waals surface area contributed by atoms with Crippen LogP contribution in [-0.4, -0.2) is 16.9 Å². The summed E-state index contributed by atoms with van der Waals surface area (Å²) in [6, 6.07) is 0. The first-order chi connectivity index (χ1) is 5.13. The molecule has 0 saturated heterocycles. The number of hydrogen-bond acceptors (Lipinski definition) is 2. The number of carbonyl (C=O) groups excluding carboxylic acids is 1. The average molecular weight is 156 g/mol. The van der Waals surface area contributed by atoms with E-state index in [1.165, 1.54) is 0 Å². The maximum absolute atomic E-state index is 10.8. The molecule has 1 N–H and O–H groups in total. The van der Waals surface area contributed by atoms with E-state index in [1.54, 1.807) is 0 Å². The first kappa shape index (κ1) is 9.88. The largest absolute Gasteiger partial charge is 0.481 e. The van der Waals surface area contributed by atoms with Crippen LogP contribution in [0.5, 0.6) is 0 Å². The summed E-state index contributed by atoms with van der Waals surface area (Å²) in [5.41, 5.74) is 0. The van der Waals surface area contributed by atoms with Gasteiger partial charge >= 0.3 is 5.97 Å². The zero-order chi connectivity index (χ0) is 8.85. The van der Waals surface area contributed by atoms with Gasteiger partial charge in [-0.1, -0.05) is 19.9 Å². The maximum Gasteiger partial charge on any atom is 0.314 e. The van der Waals surface area contributed by atoms with Crippen molar-refractivity contribution in [2.24, 2.45) is 5.92 Å². The van der Waals surface area contributed by atoms with Crippen LogP contribution in [0.2, 0.25) is 0 Å². The van der Waals surface area contributed by atoms with Crippen molar-refractivity contribution in [3.63, 3.8) is 0 Å². The highest BCUT2D eigenvalue weighted by Crippen LogP contribution is 2.08. The van der Waals surface area contributed by atoms with Crippen molar-refractivity contribution in [3.8, 4) is 0 Å². The third kappa shape index (κ3) is 2.98. The lowest BCUT2D eigenvalue weighted by atomic mass is 9.99. The second-order valence-electron chi connectivity index (χ2n) is 2.29. The van der Waals surface area contributed by atoms with Crippen molar-refractivity contribution >= 4 is 11.8 Å². The standard InChI is InChI=1S/C8H12O3/c1-3-5-6(8(10)11)7(9)4-2/h4,6H,2-3,5H2,1H3,(H,10,11). The van der Waals surface area contributed by atoms with Gasteiger partial charge in [-0.3, -0.25) is 9.59 Å². The molecule has 0 aromatic heterocycles. The molecule has 0 aromatic carbocycles. The molecule has 0 aliphatic carbocycles. The SMILES string of the molecule is C=CC(=O)C(CCC)C(=O)O. The zero-order valence-corrected chi connectivity index (χ0v) is 6.54. The summed E-state index contributed by atoms with van der Waals surface area (Å²) in [5.74, 6) is -2.35. The molecule has 1 unspecified atom stereocenters. The molecule has 0 bridgehead atoms. The fourth-order valence-electron chi connectivity index (χ4n) is 0.818. The predicted molar refractivity (Wildman–Crippen MR) is 41.2 cm³/mol. The van der Waals surface area contributed by atoms with Crippen molar-refractivity contribution < 1.29 is 14.7 Å². The van der Waals surface area contributed by atoms with Gasteiger partial charge < -0.3 is 5.11 Å². The first-order valence-corrected chi connectivity index (χ1v) is 3.52. The molecular formula is C8H12O3. The van der Waals surface area contributed by atoms with Crippen molar-refractivity contribution in [1.29, 1.82) is 0 Å². The Labute approximate surface area is 65.7 Å². The van der Waals surface area contributed by atoms with Gasteiger partial charge in [-0.25, -0.2) is 0 Å². The molecule has 0 aliphatic heterocycles. The van der Waals surface area contributed by atoms with Crippen LogP contribution in [0.3, 0.4) is 0 Å². The molecule has 0 saturated carbocycles. The van der Waals surface area contributed by atoms with E-state index >= 15 is 0 Å². The summed E-state index contributed by atoms with van der Waals surface area (Å²) < 4.78 is 0. The van der Waals surface area contributed by atoms with Crippen LogP contribution in [0.25, 0.3) is 0 Å². The Balaban J connectivity index is 4.20. The minimum Gasteiger partial charge on any atom is -0.481 e. The van der Waals surface area contributed by atoms with E-state index in [1.807, 2.05) is 6.92 Å². The lowest BCUT2D eigenvalue weighted by Crippen LogP contribution is -2.21. The van der Waals surface area contributed by atoms with Crippen LogP contribution in [-0.2, 0) is 9.59 Å². The first-order valence-electron chi connectivity index (χ1n) is 3.52. The Hall–Kier alpha value is -1.12. The summed E-state index contributed by atoms with van der Waals surface area (Å²) in [5, 5.41) is 8.54. The number of rotatable bonds is 5. The van der Waals surface area contributed by atoms with Gasteiger partial charge in [-0.15, -0.1) is 0 Å². The summed E-state index contributed by atoms with van der Waals surface area (Å²) in [4.78, 5) is 21.3. The van der Waals surface area contributed by atoms with Crippen LogP contribution < -0.4 is 0 Å². The Bertz CT molecular complexity index is 172. The van der Waals surface area contributed by atoms with Gasteiger partial charge in [-0.05, 0) is 12.5 Å². The molecule has 3 heteroatoms. The molecule has 11 heavy (non-hydrogen) atoms. The number of carboxylic acids is 1. The van der Waals surface area contributed by atoms with Crippen molar-refractivity contribution in [2.45, 2.75) is 19.8 Å². The van der Waals surface area contributed by atoms with Crippen LogP contribution in [0.15, 0.2) is 12.7 Å². The van der Waals surface area contributed by atoms with Crippen LogP contribution in [0, 0.1) is 5.92 Å². The molecule has 0 spiro atoms. The highest BCUT2D eigenvalue weighted by molar-refractivity contribution is 6.03. The zero-order valence-electron chi connectivity index (χ0n) is 6.54. The lowest BCUT2D eigenvalue weighted by Gasteiger charge is -2.05. The average Bonchev–Trinajstić information content (AvgIpc) is 1.98. The molecule has 0 radical (unpaired) electrons. The quantitative estimate of drug-likeness (QED) is 0.481. The highest BCUT2D eigenvalue weighted by atomic mass is 16.4. The Morgan fingerprint density at radius 1 is 1.64 bits per heavy atom. The van der Waals surface area contributed by atoms with Crippen molar-refractivity contribution in [2.75, 3.05) is 0 Å². The topological polar surface area (TPSA) is 54.4 Å². The minimum absolute atomic E-state index is 0.389. The molecule has 3 nitrogen and oxygen atoms in total. The second kappa shape index (κ2) is 4.66. The summed E-state index contributed by atoms with van der Waals surface area (Å²) in [6.45, 7) is 5.07. The van der Waals surface area contributed by atoms with E-state index in [0.717, 1.165) is 6.08 Å². The van der Waals surface area contributed by atoms with Crippen LogP contribution in [0.1, 0.15) is 19.8 Å². The molecule has 0 heterocycles. The molecular weight excluding hydrogens is 144 g/mol. The summed E-state index contributed by atoms with van der Waals surface area (Å²) in [6.07, 6.45) is 2.14. The smallest absolute Gasteiger partial charge is 0.314 e. The number of aliphatic carboxylic acids is 1. The fourth-order valence-corrected chi connectivity index (χ4v) is 0.818. The molecule has 1 atom stereocenters. The van der Waals surface area contributed by atoms with E-state index in [-0.39, 0.29) is 0 Å². The van der Waals surface area contributed by atoms with E-state index < -0.39 is 17.7 Å². The van der Waals surface area contributed by atoms with Gasteiger partial charge in [0.25, 0.3) is 0 Å². The van der Waals surface area contributed by atoms with Gasteiger partial charge in [-0.2, -0.15) is 0 Å². The third-order valence-electron chi connectivity index (χ3n) is 1.42.